The molecule has 2 N–H and O–H groups in total. The molecule has 1 aromatic carbocycles. The van der Waals surface area contributed by atoms with Crippen molar-refractivity contribution in [2.45, 2.75) is 32.2 Å². The first kappa shape index (κ1) is 14.0. The Labute approximate surface area is 114 Å². The molecule has 1 aliphatic rings. The lowest BCUT2D eigenvalue weighted by molar-refractivity contribution is -0.122. The summed E-state index contributed by atoms with van der Waals surface area (Å²) in [4.78, 5) is 14.2. The predicted octanol–water partition coefficient (Wildman–Crippen LogP) is 1.98. The zero-order chi connectivity index (χ0) is 14.2. The van der Waals surface area contributed by atoms with E-state index in [1.807, 2.05) is 43.9 Å². The van der Waals surface area contributed by atoms with Gasteiger partial charge in [-0.3, -0.25) is 4.79 Å². The van der Waals surface area contributed by atoms with Crippen LogP contribution in [0.15, 0.2) is 18.2 Å². The number of likely N-dealkylation sites (N-methyl/N-ethyl adjacent to an activating group) is 1. The molecular weight excluding hydrogens is 240 g/mol. The van der Waals surface area contributed by atoms with Gasteiger partial charge < -0.3 is 15.4 Å². The standard InChI is InChI=1S/C15H22N2O2/c1-5-17-13-7-6-10(12(16)9-19-4)8-11(13)15(2,3)14(17)18/h6-8,12H,5,9,16H2,1-4H3. The number of methoxy groups -OCH3 is 1. The van der Waals surface area contributed by atoms with E-state index in [-0.39, 0.29) is 11.9 Å². The third-order valence-corrected chi connectivity index (χ3v) is 3.86. The lowest BCUT2D eigenvalue weighted by Gasteiger charge is -2.18. The van der Waals surface area contributed by atoms with Gasteiger partial charge in [0.25, 0.3) is 0 Å². The van der Waals surface area contributed by atoms with Gasteiger partial charge in [-0.15, -0.1) is 0 Å². The fraction of sp³-hybridized carbons (Fsp3) is 0.533. The highest BCUT2D eigenvalue weighted by Crippen LogP contribution is 2.42. The molecule has 104 valence electrons. The van der Waals surface area contributed by atoms with Crippen molar-refractivity contribution in [2.75, 3.05) is 25.2 Å². The van der Waals surface area contributed by atoms with Gasteiger partial charge in [-0.05, 0) is 38.0 Å². The van der Waals surface area contributed by atoms with Crippen molar-refractivity contribution in [2.24, 2.45) is 5.73 Å². The second-order valence-corrected chi connectivity index (χ2v) is 5.51. The van der Waals surface area contributed by atoms with E-state index in [2.05, 4.69) is 0 Å². The maximum Gasteiger partial charge on any atom is 0.237 e. The normalized spacial score (nSPS) is 18.6. The molecule has 4 nitrogen and oxygen atoms in total. The quantitative estimate of drug-likeness (QED) is 0.902. The maximum atomic E-state index is 12.4. The molecule has 0 radical (unpaired) electrons. The number of rotatable bonds is 4. The molecule has 1 unspecified atom stereocenters. The molecular formula is C15H22N2O2. The number of hydrogen-bond donors (Lipinski definition) is 1. The number of hydrogen-bond acceptors (Lipinski definition) is 3. The van der Waals surface area contributed by atoms with E-state index in [0.29, 0.717) is 13.2 Å². The summed E-state index contributed by atoms with van der Waals surface area (Å²) in [5.74, 6) is 0.155. The highest BCUT2D eigenvalue weighted by Gasteiger charge is 2.43. The van der Waals surface area contributed by atoms with Crippen LogP contribution in [-0.2, 0) is 14.9 Å². The number of amides is 1. The first-order valence-corrected chi connectivity index (χ1v) is 6.64. The van der Waals surface area contributed by atoms with Gasteiger partial charge in [-0.25, -0.2) is 0 Å². The van der Waals surface area contributed by atoms with Gasteiger partial charge >= 0.3 is 0 Å². The predicted molar refractivity (Wildman–Crippen MR) is 76.3 cm³/mol. The summed E-state index contributed by atoms with van der Waals surface area (Å²) in [6.45, 7) is 7.10. The minimum atomic E-state index is -0.478. The minimum Gasteiger partial charge on any atom is -0.383 e. The van der Waals surface area contributed by atoms with Crippen molar-refractivity contribution in [3.05, 3.63) is 29.3 Å². The minimum absolute atomic E-state index is 0.155. The van der Waals surface area contributed by atoms with Crippen LogP contribution < -0.4 is 10.6 Å². The summed E-state index contributed by atoms with van der Waals surface area (Å²) in [5, 5.41) is 0. The molecule has 0 aliphatic carbocycles. The Hall–Kier alpha value is -1.39. The van der Waals surface area contributed by atoms with Crippen molar-refractivity contribution in [3.63, 3.8) is 0 Å². The second-order valence-electron chi connectivity index (χ2n) is 5.51. The van der Waals surface area contributed by atoms with E-state index in [9.17, 15) is 4.79 Å². The zero-order valence-corrected chi connectivity index (χ0v) is 12.1. The van der Waals surface area contributed by atoms with Crippen molar-refractivity contribution in [1.29, 1.82) is 0 Å². The van der Waals surface area contributed by atoms with Crippen LogP contribution in [0.5, 0.6) is 0 Å². The number of fused-ring (bicyclic) bond motifs is 1. The van der Waals surface area contributed by atoms with Crippen molar-refractivity contribution < 1.29 is 9.53 Å². The van der Waals surface area contributed by atoms with Crippen LogP contribution in [0.25, 0.3) is 0 Å². The van der Waals surface area contributed by atoms with Gasteiger partial charge in [-0.1, -0.05) is 12.1 Å². The van der Waals surface area contributed by atoms with Gasteiger partial charge in [0.05, 0.1) is 18.1 Å². The Bertz CT molecular complexity index is 497. The van der Waals surface area contributed by atoms with E-state index in [1.165, 1.54) is 0 Å². The third kappa shape index (κ3) is 2.15. The van der Waals surface area contributed by atoms with E-state index < -0.39 is 5.41 Å². The van der Waals surface area contributed by atoms with E-state index in [0.717, 1.165) is 16.8 Å². The van der Waals surface area contributed by atoms with Crippen molar-refractivity contribution in [3.8, 4) is 0 Å². The smallest absolute Gasteiger partial charge is 0.237 e. The fourth-order valence-corrected chi connectivity index (χ4v) is 2.67. The molecule has 0 saturated carbocycles. The number of ether oxygens (including phenoxy) is 1. The highest BCUT2D eigenvalue weighted by molar-refractivity contribution is 6.07. The summed E-state index contributed by atoms with van der Waals surface area (Å²) < 4.78 is 5.09. The highest BCUT2D eigenvalue weighted by atomic mass is 16.5. The Morgan fingerprint density at radius 3 is 2.68 bits per heavy atom. The molecule has 1 aliphatic heterocycles. The number of nitrogens with zero attached hydrogens (tertiary/aromatic N) is 1. The molecule has 0 spiro atoms. The lowest BCUT2D eigenvalue weighted by atomic mass is 9.85. The summed E-state index contributed by atoms with van der Waals surface area (Å²) in [5.41, 5.74) is 8.67. The molecule has 0 bridgehead atoms. The Kier molecular flexibility index (Phi) is 3.65. The van der Waals surface area contributed by atoms with Crippen LogP contribution in [0, 0.1) is 0 Å². The fourth-order valence-electron chi connectivity index (χ4n) is 2.67. The monoisotopic (exact) mass is 262 g/mol. The molecule has 1 heterocycles. The van der Waals surface area contributed by atoms with Crippen LogP contribution in [0.4, 0.5) is 5.69 Å². The van der Waals surface area contributed by atoms with Crippen LogP contribution >= 0.6 is 0 Å². The topological polar surface area (TPSA) is 55.6 Å². The number of benzene rings is 1. The maximum absolute atomic E-state index is 12.4. The van der Waals surface area contributed by atoms with Crippen LogP contribution in [0.2, 0.25) is 0 Å². The first-order valence-electron chi connectivity index (χ1n) is 6.64. The molecule has 0 saturated heterocycles. The van der Waals surface area contributed by atoms with Crippen LogP contribution in [0.3, 0.4) is 0 Å². The Balaban J connectivity index is 2.46. The van der Waals surface area contributed by atoms with Gasteiger partial charge in [0, 0.05) is 19.3 Å². The molecule has 4 heteroatoms. The van der Waals surface area contributed by atoms with Crippen molar-refractivity contribution in [1.82, 2.24) is 0 Å². The number of carbonyl (C=O) groups excluding carboxylic acids is 1. The molecule has 19 heavy (non-hydrogen) atoms. The molecule has 2 rings (SSSR count). The molecule has 1 amide bonds. The summed E-state index contributed by atoms with van der Waals surface area (Å²) in [6.07, 6.45) is 0. The zero-order valence-electron chi connectivity index (χ0n) is 12.1. The summed E-state index contributed by atoms with van der Waals surface area (Å²) in [6, 6.07) is 5.87. The Morgan fingerprint density at radius 2 is 2.11 bits per heavy atom. The lowest BCUT2D eigenvalue weighted by Crippen LogP contribution is -2.35. The van der Waals surface area contributed by atoms with E-state index in [4.69, 9.17) is 10.5 Å². The van der Waals surface area contributed by atoms with E-state index >= 15 is 0 Å². The van der Waals surface area contributed by atoms with Crippen molar-refractivity contribution >= 4 is 11.6 Å². The van der Waals surface area contributed by atoms with Gasteiger partial charge in [0.2, 0.25) is 5.91 Å². The molecule has 1 atom stereocenters. The SMILES string of the molecule is CCN1C(=O)C(C)(C)c2cc(C(N)COC)ccc21. The average Bonchev–Trinajstić information content (AvgIpc) is 2.57. The van der Waals surface area contributed by atoms with Crippen LogP contribution in [-0.4, -0.2) is 26.2 Å². The van der Waals surface area contributed by atoms with Crippen LogP contribution in [0.1, 0.15) is 37.9 Å². The Morgan fingerprint density at radius 1 is 1.42 bits per heavy atom. The van der Waals surface area contributed by atoms with Gasteiger partial charge in [0.1, 0.15) is 0 Å². The second kappa shape index (κ2) is 4.94. The van der Waals surface area contributed by atoms with Gasteiger partial charge in [-0.2, -0.15) is 0 Å². The number of nitrogens with two attached hydrogens (primary N) is 1. The number of carbonyl (C=O) groups is 1. The first-order chi connectivity index (χ1) is 8.93. The van der Waals surface area contributed by atoms with Gasteiger partial charge in [0.15, 0.2) is 0 Å². The van der Waals surface area contributed by atoms with E-state index in [1.54, 1.807) is 7.11 Å². The largest absolute Gasteiger partial charge is 0.383 e. The molecule has 0 aromatic heterocycles. The summed E-state index contributed by atoms with van der Waals surface area (Å²) >= 11 is 0. The third-order valence-electron chi connectivity index (χ3n) is 3.86. The molecule has 1 aromatic rings. The number of anilines is 1. The average molecular weight is 262 g/mol. The molecule has 0 fully saturated rings. The summed E-state index contributed by atoms with van der Waals surface area (Å²) in [7, 11) is 1.64.